The molecule has 2 N–H and O–H groups in total. The van der Waals surface area contributed by atoms with E-state index in [1.165, 1.54) is 17.5 Å². The summed E-state index contributed by atoms with van der Waals surface area (Å²) in [5.74, 6) is -0.100. The molecule has 7 nitrogen and oxygen atoms in total. The van der Waals surface area contributed by atoms with Gasteiger partial charge in [0.15, 0.2) is 0 Å². The highest BCUT2D eigenvalue weighted by Crippen LogP contribution is 2.31. The molecule has 1 heterocycles. The largest absolute Gasteiger partial charge is 0.495 e. The van der Waals surface area contributed by atoms with Gasteiger partial charge in [0.25, 0.3) is 0 Å². The van der Waals surface area contributed by atoms with E-state index in [4.69, 9.17) is 4.74 Å². The molecule has 0 bridgehead atoms. The van der Waals surface area contributed by atoms with Crippen LogP contribution in [0.15, 0.2) is 23.1 Å². The van der Waals surface area contributed by atoms with Gasteiger partial charge < -0.3 is 15.4 Å². The van der Waals surface area contributed by atoms with Crippen LogP contribution in [-0.2, 0) is 14.8 Å². The van der Waals surface area contributed by atoms with E-state index in [-0.39, 0.29) is 34.9 Å². The Hall–Kier alpha value is -1.35. The average molecular weight is 392 g/mol. The normalized spacial score (nSPS) is 16.1. The highest BCUT2D eigenvalue weighted by molar-refractivity contribution is 7.89. The van der Waals surface area contributed by atoms with Crippen molar-refractivity contribution in [2.45, 2.75) is 24.7 Å². The van der Waals surface area contributed by atoms with Gasteiger partial charge in [-0.1, -0.05) is 6.92 Å². The molecule has 2 rings (SSSR count). The second-order valence-electron chi connectivity index (χ2n) is 5.92. The predicted molar refractivity (Wildman–Crippen MR) is 100.0 cm³/mol. The number of amides is 1. The van der Waals surface area contributed by atoms with Crippen LogP contribution in [-0.4, -0.2) is 52.4 Å². The van der Waals surface area contributed by atoms with Crippen LogP contribution in [0.25, 0.3) is 0 Å². The number of nitrogens with one attached hydrogen (secondary N) is 2. The van der Waals surface area contributed by atoms with Crippen molar-refractivity contribution in [2.24, 2.45) is 5.92 Å². The fourth-order valence-corrected chi connectivity index (χ4v) is 4.34. The first-order valence-corrected chi connectivity index (χ1v) is 9.47. The quantitative estimate of drug-likeness (QED) is 0.738. The predicted octanol–water partition coefficient (Wildman–Crippen LogP) is 1.70. The van der Waals surface area contributed by atoms with Gasteiger partial charge in [-0.15, -0.1) is 12.4 Å². The number of hydrogen-bond acceptors (Lipinski definition) is 5. The van der Waals surface area contributed by atoms with Crippen molar-refractivity contribution in [3.63, 3.8) is 0 Å². The number of methoxy groups -OCH3 is 1. The number of halogens is 1. The minimum absolute atomic E-state index is 0. The van der Waals surface area contributed by atoms with Crippen molar-refractivity contribution in [1.82, 2.24) is 9.62 Å². The average Bonchev–Trinajstić information content (AvgIpc) is 3.10. The number of ether oxygens (including phenoxy) is 1. The summed E-state index contributed by atoms with van der Waals surface area (Å²) in [4.78, 5) is 12.2. The molecule has 1 aromatic rings. The van der Waals surface area contributed by atoms with Gasteiger partial charge in [0.05, 0.1) is 7.11 Å². The molecule has 0 saturated carbocycles. The molecule has 142 valence electrons. The second kappa shape index (κ2) is 9.38. The zero-order chi connectivity index (χ0) is 17.7. The molecular weight excluding hydrogens is 366 g/mol. The van der Waals surface area contributed by atoms with Gasteiger partial charge in [0, 0.05) is 37.3 Å². The molecule has 1 saturated heterocycles. The summed E-state index contributed by atoms with van der Waals surface area (Å²) in [7, 11) is -0.359. The number of sulfonamides is 1. The van der Waals surface area contributed by atoms with Crippen LogP contribution in [0.4, 0.5) is 5.69 Å². The summed E-state index contributed by atoms with van der Waals surface area (Å²) in [6.07, 6.45) is 1.75. The van der Waals surface area contributed by atoms with Gasteiger partial charge in [0.2, 0.25) is 15.9 Å². The zero-order valence-electron chi connectivity index (χ0n) is 14.7. The monoisotopic (exact) mass is 391 g/mol. The Kier molecular flexibility index (Phi) is 8.14. The Morgan fingerprint density at radius 3 is 2.52 bits per heavy atom. The first-order chi connectivity index (χ1) is 11.4. The van der Waals surface area contributed by atoms with Crippen molar-refractivity contribution in [2.75, 3.05) is 39.1 Å². The van der Waals surface area contributed by atoms with E-state index in [1.807, 2.05) is 6.92 Å². The third-order valence-electron chi connectivity index (χ3n) is 4.07. The van der Waals surface area contributed by atoms with E-state index in [0.29, 0.717) is 25.3 Å². The summed E-state index contributed by atoms with van der Waals surface area (Å²) in [5.41, 5.74) is 0.514. The number of nitrogens with zero attached hydrogens (tertiary/aromatic N) is 1. The Labute approximate surface area is 155 Å². The molecule has 0 aliphatic carbocycles. The topological polar surface area (TPSA) is 87.7 Å². The van der Waals surface area contributed by atoms with E-state index < -0.39 is 10.0 Å². The molecule has 1 aliphatic heterocycles. The van der Waals surface area contributed by atoms with Crippen LogP contribution in [0.3, 0.4) is 0 Å². The number of anilines is 1. The molecule has 0 spiro atoms. The zero-order valence-corrected chi connectivity index (χ0v) is 16.4. The van der Waals surface area contributed by atoms with E-state index in [2.05, 4.69) is 10.6 Å². The van der Waals surface area contributed by atoms with Gasteiger partial charge in [-0.25, -0.2) is 8.42 Å². The van der Waals surface area contributed by atoms with E-state index in [9.17, 15) is 13.2 Å². The van der Waals surface area contributed by atoms with Crippen LogP contribution in [0.5, 0.6) is 5.75 Å². The lowest BCUT2D eigenvalue weighted by molar-refractivity contribution is -0.119. The molecule has 0 aromatic heterocycles. The van der Waals surface area contributed by atoms with Crippen molar-refractivity contribution < 1.29 is 17.9 Å². The van der Waals surface area contributed by atoms with Crippen LogP contribution < -0.4 is 15.4 Å². The van der Waals surface area contributed by atoms with E-state index in [1.54, 1.807) is 19.2 Å². The van der Waals surface area contributed by atoms with E-state index in [0.717, 1.165) is 12.8 Å². The van der Waals surface area contributed by atoms with Gasteiger partial charge in [0.1, 0.15) is 10.6 Å². The standard InChI is InChI=1S/C16H25N3O4S.ClH/c1-12(11-17-2)16(20)18-13-6-7-15(14(10-13)23-3)24(21,22)19-8-4-5-9-19;/h6-7,10,12,17H,4-5,8-9,11H2,1-3H3,(H,18,20);1H. The SMILES string of the molecule is CNCC(C)C(=O)Nc1ccc(S(=O)(=O)N2CCCC2)c(OC)c1.Cl. The Morgan fingerprint density at radius 2 is 1.96 bits per heavy atom. The summed E-state index contributed by atoms with van der Waals surface area (Å²) in [6.45, 7) is 3.44. The number of rotatable bonds is 7. The van der Waals surface area contributed by atoms with Gasteiger partial charge >= 0.3 is 0 Å². The highest BCUT2D eigenvalue weighted by Gasteiger charge is 2.30. The second-order valence-corrected chi connectivity index (χ2v) is 7.83. The van der Waals surface area contributed by atoms with Crippen molar-refractivity contribution >= 4 is 34.0 Å². The maximum Gasteiger partial charge on any atom is 0.246 e. The minimum Gasteiger partial charge on any atom is -0.495 e. The van der Waals surface area contributed by atoms with E-state index >= 15 is 0 Å². The molecule has 25 heavy (non-hydrogen) atoms. The van der Waals surface area contributed by atoms with Crippen molar-refractivity contribution in [1.29, 1.82) is 0 Å². The molecule has 1 aromatic carbocycles. The van der Waals surface area contributed by atoms with Gasteiger partial charge in [-0.2, -0.15) is 4.31 Å². The lowest BCUT2D eigenvalue weighted by atomic mass is 10.1. The van der Waals surface area contributed by atoms with Crippen LogP contribution in [0.2, 0.25) is 0 Å². The molecule has 9 heteroatoms. The van der Waals surface area contributed by atoms with Crippen LogP contribution in [0.1, 0.15) is 19.8 Å². The van der Waals surface area contributed by atoms with Gasteiger partial charge in [-0.3, -0.25) is 4.79 Å². The summed E-state index contributed by atoms with van der Waals surface area (Å²) < 4.78 is 32.1. The Bertz CT molecular complexity index is 691. The molecule has 1 aliphatic rings. The summed E-state index contributed by atoms with van der Waals surface area (Å²) >= 11 is 0. The molecular formula is C16H26ClN3O4S. The smallest absolute Gasteiger partial charge is 0.246 e. The summed E-state index contributed by atoms with van der Waals surface area (Å²) in [6, 6.07) is 4.63. The molecule has 1 fully saturated rings. The number of carbonyl (C=O) groups excluding carboxylic acids is 1. The van der Waals surface area contributed by atoms with Crippen LogP contribution >= 0.6 is 12.4 Å². The molecule has 1 atom stereocenters. The van der Waals surface area contributed by atoms with Gasteiger partial charge in [-0.05, 0) is 32.0 Å². The highest BCUT2D eigenvalue weighted by atomic mass is 35.5. The molecule has 1 amide bonds. The summed E-state index contributed by atoms with van der Waals surface area (Å²) in [5, 5.41) is 5.73. The van der Waals surface area contributed by atoms with Crippen molar-refractivity contribution in [3.05, 3.63) is 18.2 Å². The maximum absolute atomic E-state index is 12.7. The fraction of sp³-hybridized carbons (Fsp3) is 0.562. The van der Waals surface area contributed by atoms with Crippen molar-refractivity contribution in [3.8, 4) is 5.75 Å². The third kappa shape index (κ3) is 5.07. The minimum atomic E-state index is -3.57. The first kappa shape index (κ1) is 21.7. The first-order valence-electron chi connectivity index (χ1n) is 8.03. The fourth-order valence-electron chi connectivity index (χ4n) is 2.69. The maximum atomic E-state index is 12.7. The Morgan fingerprint density at radius 1 is 1.32 bits per heavy atom. The third-order valence-corrected chi connectivity index (χ3v) is 6.01. The number of carbonyl (C=O) groups is 1. The molecule has 0 radical (unpaired) electrons. The number of hydrogen-bond donors (Lipinski definition) is 2. The lowest BCUT2D eigenvalue weighted by Gasteiger charge is -2.18. The molecule has 1 unspecified atom stereocenters. The lowest BCUT2D eigenvalue weighted by Crippen LogP contribution is -2.29. The van der Waals surface area contributed by atoms with Crippen LogP contribution in [0, 0.1) is 5.92 Å². The Balaban J connectivity index is 0.00000312. The number of benzene rings is 1.